The number of hydrogen-bond donors (Lipinski definition) is 5. The number of benzene rings is 2. The maximum Gasteiger partial charge on any atom is 0.262 e. The third-order valence-electron chi connectivity index (χ3n) is 12.3. The summed E-state index contributed by atoms with van der Waals surface area (Å²) in [4.78, 5) is 86.5. The molecule has 4 heterocycles. The van der Waals surface area contributed by atoms with Gasteiger partial charge in [0.1, 0.15) is 11.9 Å². The second-order valence-corrected chi connectivity index (χ2v) is 17.2. The Bertz CT molecular complexity index is 2440. The van der Waals surface area contributed by atoms with Gasteiger partial charge in [-0.2, -0.15) is 0 Å². The van der Waals surface area contributed by atoms with Crippen molar-refractivity contribution in [3.8, 4) is 0 Å². The molecule has 6 amide bonds. The Morgan fingerprint density at radius 2 is 1.49 bits per heavy atom. The molecule has 2 aromatic carbocycles. The van der Waals surface area contributed by atoms with Crippen LogP contribution in [0.3, 0.4) is 0 Å². The number of carbonyl (C=O) groups excluding carboxylic acids is 6. The Morgan fingerprint density at radius 1 is 0.761 bits per heavy atom. The van der Waals surface area contributed by atoms with Crippen LogP contribution in [-0.4, -0.2) is 128 Å². The fourth-order valence-corrected chi connectivity index (χ4v) is 8.64. The number of pyridine rings is 2. The van der Waals surface area contributed by atoms with E-state index in [0.29, 0.717) is 114 Å². The van der Waals surface area contributed by atoms with Crippen LogP contribution in [0.4, 0.5) is 17.2 Å². The molecule has 2 saturated carbocycles. The van der Waals surface area contributed by atoms with Crippen LogP contribution in [0, 0.1) is 5.92 Å². The lowest BCUT2D eigenvalue weighted by Gasteiger charge is -2.28. The van der Waals surface area contributed by atoms with E-state index in [0.717, 1.165) is 52.9 Å². The Balaban J connectivity index is 0.629. The highest BCUT2D eigenvalue weighted by Gasteiger charge is 2.45. The zero-order chi connectivity index (χ0) is 46.5. The second-order valence-electron chi connectivity index (χ2n) is 17.2. The highest BCUT2D eigenvalue weighted by molar-refractivity contribution is 6.24. The number of hydrogen-bond acceptors (Lipinski definition) is 14. The van der Waals surface area contributed by atoms with E-state index in [9.17, 15) is 28.8 Å². The number of imide groups is 2. The second kappa shape index (κ2) is 22.9. The zero-order valence-corrected chi connectivity index (χ0v) is 37.5. The van der Waals surface area contributed by atoms with Crippen molar-refractivity contribution in [2.24, 2.45) is 5.92 Å². The van der Waals surface area contributed by atoms with Crippen molar-refractivity contribution in [2.45, 2.75) is 82.3 Å². The van der Waals surface area contributed by atoms with Crippen molar-refractivity contribution < 1.29 is 47.7 Å². The lowest BCUT2D eigenvalue weighted by molar-refractivity contribution is -0.136. The first-order valence-electron chi connectivity index (χ1n) is 23.3. The van der Waals surface area contributed by atoms with Gasteiger partial charge in [-0.1, -0.05) is 12.1 Å². The predicted molar refractivity (Wildman–Crippen MR) is 247 cm³/mol. The first-order valence-corrected chi connectivity index (χ1v) is 23.3. The summed E-state index contributed by atoms with van der Waals surface area (Å²) in [7, 11) is 0. The van der Waals surface area contributed by atoms with Gasteiger partial charge in [0.2, 0.25) is 17.7 Å². The highest BCUT2D eigenvalue weighted by Crippen LogP contribution is 2.33. The van der Waals surface area contributed by atoms with E-state index in [1.165, 1.54) is 0 Å². The van der Waals surface area contributed by atoms with Gasteiger partial charge in [-0.05, 0) is 106 Å². The minimum Gasteiger partial charge on any atom is -0.382 e. The molecule has 8 rings (SSSR count). The molecular formula is C49H58N8O10. The molecule has 0 spiro atoms. The quantitative estimate of drug-likeness (QED) is 0.0484. The summed E-state index contributed by atoms with van der Waals surface area (Å²) in [6.07, 6.45) is 9.81. The summed E-state index contributed by atoms with van der Waals surface area (Å²) >= 11 is 0. The summed E-state index contributed by atoms with van der Waals surface area (Å²) < 4.78 is 22.5. The molecule has 2 aliphatic heterocycles. The summed E-state index contributed by atoms with van der Waals surface area (Å²) in [6, 6.07) is 15.9. The monoisotopic (exact) mass is 918 g/mol. The van der Waals surface area contributed by atoms with Gasteiger partial charge in [-0.25, -0.2) is 4.98 Å². The largest absolute Gasteiger partial charge is 0.382 e. The molecule has 2 aromatic heterocycles. The average Bonchev–Trinajstić information content (AvgIpc) is 4.11. The summed E-state index contributed by atoms with van der Waals surface area (Å²) in [5, 5.41) is 16.3. The minimum absolute atomic E-state index is 0.00542. The fourth-order valence-electron chi connectivity index (χ4n) is 8.64. The molecule has 3 fully saturated rings. The first kappa shape index (κ1) is 47.2. The molecule has 1 unspecified atom stereocenters. The number of anilines is 3. The van der Waals surface area contributed by atoms with E-state index in [1.807, 2.05) is 36.4 Å². The van der Waals surface area contributed by atoms with Crippen LogP contribution >= 0.6 is 0 Å². The molecule has 18 heteroatoms. The highest BCUT2D eigenvalue weighted by atomic mass is 16.6. The van der Waals surface area contributed by atoms with Crippen molar-refractivity contribution in [3.63, 3.8) is 0 Å². The number of aryl methyl sites for hydroxylation is 1. The summed E-state index contributed by atoms with van der Waals surface area (Å²) in [6.45, 7) is 3.57. The van der Waals surface area contributed by atoms with Crippen molar-refractivity contribution in [1.29, 1.82) is 0 Å². The van der Waals surface area contributed by atoms with E-state index in [2.05, 4.69) is 36.6 Å². The van der Waals surface area contributed by atoms with Crippen molar-refractivity contribution >= 4 is 63.5 Å². The number of ether oxygens (including phenoxy) is 4. The molecule has 18 nitrogen and oxygen atoms in total. The maximum absolute atomic E-state index is 13.5. The van der Waals surface area contributed by atoms with E-state index in [4.69, 9.17) is 18.9 Å². The normalized spacial score (nSPS) is 19.3. The maximum atomic E-state index is 13.5. The molecule has 0 radical (unpaired) electrons. The Kier molecular flexibility index (Phi) is 16.1. The number of nitrogens with one attached hydrogen (secondary N) is 5. The molecule has 67 heavy (non-hydrogen) atoms. The molecule has 4 aromatic rings. The van der Waals surface area contributed by atoms with E-state index < -0.39 is 29.7 Å². The third kappa shape index (κ3) is 12.6. The smallest absolute Gasteiger partial charge is 0.262 e. The summed E-state index contributed by atoms with van der Waals surface area (Å²) in [5.74, 6) is -1.57. The predicted octanol–water partition coefficient (Wildman–Crippen LogP) is 4.45. The Morgan fingerprint density at radius 3 is 2.24 bits per heavy atom. The van der Waals surface area contributed by atoms with Crippen LogP contribution in [0.2, 0.25) is 0 Å². The number of nitrogens with zero attached hydrogens (tertiary/aromatic N) is 3. The molecule has 0 bridgehead atoms. The lowest BCUT2D eigenvalue weighted by Crippen LogP contribution is -2.54. The molecular weight excluding hydrogens is 861 g/mol. The van der Waals surface area contributed by atoms with Gasteiger partial charge in [0.05, 0.1) is 68.5 Å². The standard InChI is InChI=1S/C49H58N8O10/c58-43-17-15-41(47(61)56-43)57-48(62)38-5-1-3-31(44(38)49(57)63)4-2-21-64-23-25-66-27-28-67-26-24-65-22-20-51-45(59)32-6-9-35(10-7-32)54-46(60)37-14-13-36(29-40(37)52-34-11-12-34)53-42-16-8-33-30-50-19-18-39(33)55-42/h1,3,5,8,13-14,16,18-19,29-30,32,34-35,41,52H,2,4,6-7,9-12,15,17,20-28H2,(H,51,59)(H,53,55)(H,54,60)(H,56,58,61). The molecule has 1 saturated heterocycles. The molecule has 4 aliphatic rings. The van der Waals surface area contributed by atoms with Gasteiger partial charge >= 0.3 is 0 Å². The van der Waals surface area contributed by atoms with Gasteiger partial charge < -0.3 is 40.2 Å². The average molecular weight is 919 g/mol. The lowest BCUT2D eigenvalue weighted by atomic mass is 9.85. The van der Waals surface area contributed by atoms with Crippen LogP contribution in [0.1, 0.15) is 94.4 Å². The van der Waals surface area contributed by atoms with Gasteiger partial charge in [0.15, 0.2) is 0 Å². The Labute approximate surface area is 388 Å². The van der Waals surface area contributed by atoms with Gasteiger partial charge in [0.25, 0.3) is 17.7 Å². The molecule has 354 valence electrons. The molecule has 5 N–H and O–H groups in total. The van der Waals surface area contributed by atoms with Crippen molar-refractivity contribution in [1.82, 2.24) is 30.8 Å². The van der Waals surface area contributed by atoms with Crippen LogP contribution < -0.4 is 26.6 Å². The molecule has 2 aliphatic carbocycles. The number of aromatic nitrogens is 2. The van der Waals surface area contributed by atoms with Crippen LogP contribution in [-0.2, 0) is 39.8 Å². The van der Waals surface area contributed by atoms with E-state index in [-0.39, 0.29) is 42.2 Å². The number of fused-ring (bicyclic) bond motifs is 2. The van der Waals surface area contributed by atoms with Gasteiger partial charge in [-0.3, -0.25) is 44.0 Å². The minimum atomic E-state index is -0.996. The number of carbonyl (C=O) groups is 6. The SMILES string of the molecule is O=C1CCC(N2C(=O)c3cccc(CCCOCCOCCOCCOCCNC(=O)C4CCC(NC(=O)c5ccc(Nc6ccc7cnccc7n6)cc5NC5CC5)CC4)c3C2=O)C(=O)N1. The third-order valence-corrected chi connectivity index (χ3v) is 12.3. The van der Waals surface area contributed by atoms with Crippen molar-refractivity contribution in [2.75, 3.05) is 70.0 Å². The number of rotatable bonds is 24. The number of piperidine rings is 1. The Hall–Kier alpha value is -6.34. The first-order chi connectivity index (χ1) is 32.7. The van der Waals surface area contributed by atoms with E-state index >= 15 is 0 Å². The zero-order valence-electron chi connectivity index (χ0n) is 37.5. The van der Waals surface area contributed by atoms with Crippen molar-refractivity contribution in [3.05, 3.63) is 89.2 Å². The van der Waals surface area contributed by atoms with Gasteiger partial charge in [-0.15, -0.1) is 0 Å². The molecule has 1 atom stereocenters. The number of amides is 6. The van der Waals surface area contributed by atoms with Crippen LogP contribution in [0.15, 0.2) is 67.0 Å². The van der Waals surface area contributed by atoms with Crippen LogP contribution in [0.25, 0.3) is 10.9 Å². The topological polar surface area (TPSA) is 229 Å². The van der Waals surface area contributed by atoms with E-state index in [1.54, 1.807) is 30.6 Å². The van der Waals surface area contributed by atoms with Crippen LogP contribution in [0.5, 0.6) is 0 Å². The fraction of sp³-hybridized carbons (Fsp3) is 0.469. The summed E-state index contributed by atoms with van der Waals surface area (Å²) in [5.41, 5.74) is 4.36. The van der Waals surface area contributed by atoms with Gasteiger partial charge in [0, 0.05) is 66.7 Å².